The Labute approximate surface area is 127 Å². The zero-order valence-electron chi connectivity index (χ0n) is 12.1. The lowest BCUT2D eigenvalue weighted by Gasteiger charge is -2.20. The smallest absolute Gasteiger partial charge is 0.267 e. The van der Waals surface area contributed by atoms with Crippen LogP contribution in [0.1, 0.15) is 38.9 Å². The van der Waals surface area contributed by atoms with E-state index in [0.29, 0.717) is 24.4 Å². The SMILES string of the molecule is CC(=O)c1c[nH]c(C(=O)NCc2cccc3c2COCO3)c1. The fourth-order valence-corrected chi connectivity index (χ4v) is 2.32. The third kappa shape index (κ3) is 2.87. The molecule has 2 heterocycles. The molecule has 0 saturated heterocycles. The topological polar surface area (TPSA) is 80.4 Å². The van der Waals surface area contributed by atoms with E-state index in [2.05, 4.69) is 10.3 Å². The van der Waals surface area contributed by atoms with Crippen molar-refractivity contribution in [2.75, 3.05) is 6.79 Å². The molecule has 3 rings (SSSR count). The fourth-order valence-electron chi connectivity index (χ4n) is 2.32. The lowest BCUT2D eigenvalue weighted by atomic mass is 10.1. The molecular formula is C16H16N2O4. The molecule has 0 radical (unpaired) electrons. The molecule has 0 atom stereocenters. The second kappa shape index (κ2) is 6.03. The Bertz CT molecular complexity index is 721. The van der Waals surface area contributed by atoms with Crippen molar-refractivity contribution in [1.82, 2.24) is 10.3 Å². The minimum atomic E-state index is -0.261. The number of ether oxygens (including phenoxy) is 2. The summed E-state index contributed by atoms with van der Waals surface area (Å²) in [5.41, 5.74) is 2.75. The van der Waals surface area contributed by atoms with E-state index in [1.165, 1.54) is 13.1 Å². The highest BCUT2D eigenvalue weighted by atomic mass is 16.7. The number of carbonyl (C=O) groups excluding carboxylic acids is 2. The maximum Gasteiger partial charge on any atom is 0.267 e. The molecule has 0 saturated carbocycles. The van der Waals surface area contributed by atoms with Crippen LogP contribution in [0.2, 0.25) is 0 Å². The maximum absolute atomic E-state index is 12.1. The van der Waals surface area contributed by atoms with Gasteiger partial charge in [0.25, 0.3) is 5.91 Å². The number of Topliss-reactive ketones (excluding diaryl/α,β-unsaturated/α-hetero) is 1. The Hall–Kier alpha value is -2.60. The summed E-state index contributed by atoms with van der Waals surface area (Å²) in [6, 6.07) is 7.23. The lowest BCUT2D eigenvalue weighted by molar-refractivity contribution is -0.0168. The first-order valence-corrected chi connectivity index (χ1v) is 6.94. The number of amides is 1. The molecular weight excluding hydrogens is 284 g/mol. The minimum Gasteiger partial charge on any atom is -0.467 e. The van der Waals surface area contributed by atoms with Gasteiger partial charge in [-0.05, 0) is 24.6 Å². The molecule has 114 valence electrons. The zero-order chi connectivity index (χ0) is 15.5. The van der Waals surface area contributed by atoms with Gasteiger partial charge in [-0.25, -0.2) is 0 Å². The van der Waals surface area contributed by atoms with Gasteiger partial charge < -0.3 is 19.8 Å². The monoisotopic (exact) mass is 300 g/mol. The van der Waals surface area contributed by atoms with Crippen molar-refractivity contribution < 1.29 is 19.1 Å². The highest BCUT2D eigenvalue weighted by Crippen LogP contribution is 2.26. The van der Waals surface area contributed by atoms with Crippen LogP contribution in [0.3, 0.4) is 0 Å². The molecule has 0 fully saturated rings. The summed E-state index contributed by atoms with van der Waals surface area (Å²) in [5.74, 6) is 0.446. The molecule has 1 aliphatic rings. The second-order valence-corrected chi connectivity index (χ2v) is 5.05. The molecule has 0 aliphatic carbocycles. The van der Waals surface area contributed by atoms with Gasteiger partial charge in [0.15, 0.2) is 12.6 Å². The van der Waals surface area contributed by atoms with Gasteiger partial charge in [-0.1, -0.05) is 12.1 Å². The summed E-state index contributed by atoms with van der Waals surface area (Å²) in [7, 11) is 0. The third-order valence-corrected chi connectivity index (χ3v) is 3.55. The molecule has 1 aliphatic heterocycles. The summed E-state index contributed by atoms with van der Waals surface area (Å²) in [6.07, 6.45) is 1.53. The number of rotatable bonds is 4. The molecule has 0 bridgehead atoms. The van der Waals surface area contributed by atoms with Gasteiger partial charge in [-0.15, -0.1) is 0 Å². The molecule has 22 heavy (non-hydrogen) atoms. The first kappa shape index (κ1) is 14.3. The Morgan fingerprint density at radius 1 is 1.36 bits per heavy atom. The van der Waals surface area contributed by atoms with Crippen LogP contribution >= 0.6 is 0 Å². The first-order valence-electron chi connectivity index (χ1n) is 6.94. The summed E-state index contributed by atoms with van der Waals surface area (Å²) in [6.45, 7) is 2.54. The van der Waals surface area contributed by atoms with Crippen molar-refractivity contribution in [2.24, 2.45) is 0 Å². The largest absolute Gasteiger partial charge is 0.467 e. The average Bonchev–Trinajstić information content (AvgIpc) is 3.03. The van der Waals surface area contributed by atoms with Crippen LogP contribution in [0.15, 0.2) is 30.5 Å². The predicted molar refractivity (Wildman–Crippen MR) is 78.7 cm³/mol. The summed E-state index contributed by atoms with van der Waals surface area (Å²) in [5, 5.41) is 2.83. The number of H-pyrrole nitrogens is 1. The van der Waals surface area contributed by atoms with Crippen LogP contribution in [0.5, 0.6) is 5.75 Å². The third-order valence-electron chi connectivity index (χ3n) is 3.55. The van der Waals surface area contributed by atoms with E-state index < -0.39 is 0 Å². The van der Waals surface area contributed by atoms with Crippen molar-refractivity contribution in [1.29, 1.82) is 0 Å². The van der Waals surface area contributed by atoms with E-state index in [1.54, 1.807) is 6.07 Å². The van der Waals surface area contributed by atoms with Crippen LogP contribution in [0.25, 0.3) is 0 Å². The molecule has 2 aromatic rings. The predicted octanol–water partition coefficient (Wildman–Crippen LogP) is 2.01. The van der Waals surface area contributed by atoms with Crippen LogP contribution in [-0.4, -0.2) is 23.5 Å². The number of fused-ring (bicyclic) bond motifs is 1. The quantitative estimate of drug-likeness (QED) is 0.846. The van der Waals surface area contributed by atoms with E-state index in [1.807, 2.05) is 18.2 Å². The van der Waals surface area contributed by atoms with Crippen molar-refractivity contribution in [2.45, 2.75) is 20.1 Å². The number of nitrogens with one attached hydrogen (secondary N) is 2. The standard InChI is InChI=1S/C16H16N2O4/c1-10(19)12-5-14(17-7-12)16(20)18-6-11-3-2-4-15-13(11)8-21-9-22-15/h2-5,7,17H,6,8-9H2,1H3,(H,18,20). The molecule has 0 unspecified atom stereocenters. The summed E-state index contributed by atoms with van der Waals surface area (Å²) < 4.78 is 10.7. The van der Waals surface area contributed by atoms with Crippen molar-refractivity contribution in [3.8, 4) is 5.75 Å². The summed E-state index contributed by atoms with van der Waals surface area (Å²) >= 11 is 0. The van der Waals surface area contributed by atoms with E-state index in [9.17, 15) is 9.59 Å². The van der Waals surface area contributed by atoms with Crippen LogP contribution in [0.4, 0.5) is 0 Å². The van der Waals surface area contributed by atoms with Gasteiger partial charge in [0.05, 0.1) is 6.61 Å². The van der Waals surface area contributed by atoms with Crippen molar-refractivity contribution in [3.63, 3.8) is 0 Å². The van der Waals surface area contributed by atoms with Crippen molar-refractivity contribution in [3.05, 3.63) is 52.8 Å². The number of aromatic amines is 1. The fraction of sp³-hybridized carbons (Fsp3) is 0.250. The molecule has 6 nitrogen and oxygen atoms in total. The number of benzene rings is 1. The van der Waals surface area contributed by atoms with Gasteiger partial charge in [0, 0.05) is 23.9 Å². The van der Waals surface area contributed by atoms with Crippen LogP contribution < -0.4 is 10.1 Å². The Balaban J connectivity index is 1.69. The van der Waals surface area contributed by atoms with E-state index in [0.717, 1.165) is 16.9 Å². The van der Waals surface area contributed by atoms with E-state index in [-0.39, 0.29) is 18.5 Å². The number of ketones is 1. The zero-order valence-corrected chi connectivity index (χ0v) is 12.1. The molecule has 1 aromatic heterocycles. The number of hydrogen-bond donors (Lipinski definition) is 2. The van der Waals surface area contributed by atoms with E-state index in [4.69, 9.17) is 9.47 Å². The lowest BCUT2D eigenvalue weighted by Crippen LogP contribution is -2.24. The van der Waals surface area contributed by atoms with Gasteiger partial charge in [-0.2, -0.15) is 0 Å². The Morgan fingerprint density at radius 2 is 2.23 bits per heavy atom. The second-order valence-electron chi connectivity index (χ2n) is 5.05. The Morgan fingerprint density at radius 3 is 3.00 bits per heavy atom. The average molecular weight is 300 g/mol. The minimum absolute atomic E-state index is 0.0817. The summed E-state index contributed by atoms with van der Waals surface area (Å²) in [4.78, 5) is 26.2. The van der Waals surface area contributed by atoms with Crippen LogP contribution in [-0.2, 0) is 17.9 Å². The highest BCUT2D eigenvalue weighted by molar-refractivity contribution is 5.99. The van der Waals surface area contributed by atoms with Gasteiger partial charge >= 0.3 is 0 Å². The van der Waals surface area contributed by atoms with Gasteiger partial charge in [0.1, 0.15) is 11.4 Å². The molecule has 2 N–H and O–H groups in total. The Kier molecular flexibility index (Phi) is 3.93. The first-order chi connectivity index (χ1) is 10.6. The van der Waals surface area contributed by atoms with E-state index >= 15 is 0 Å². The molecule has 1 amide bonds. The molecule has 6 heteroatoms. The van der Waals surface area contributed by atoms with Gasteiger partial charge in [0.2, 0.25) is 0 Å². The number of hydrogen-bond acceptors (Lipinski definition) is 4. The van der Waals surface area contributed by atoms with Gasteiger partial charge in [-0.3, -0.25) is 9.59 Å². The molecule has 1 aromatic carbocycles. The number of aromatic nitrogens is 1. The van der Waals surface area contributed by atoms with Crippen molar-refractivity contribution >= 4 is 11.7 Å². The highest BCUT2D eigenvalue weighted by Gasteiger charge is 2.16. The normalized spacial score (nSPS) is 13.1. The van der Waals surface area contributed by atoms with Crippen LogP contribution in [0, 0.1) is 0 Å². The molecule has 0 spiro atoms. The number of carbonyl (C=O) groups is 2. The maximum atomic E-state index is 12.1.